The second kappa shape index (κ2) is 15.0. The molecule has 0 N–H and O–H groups in total. The van der Waals surface area contributed by atoms with Crippen molar-refractivity contribution in [3.63, 3.8) is 0 Å². The number of allylic oxidation sites excluding steroid dienone is 4. The van der Waals surface area contributed by atoms with E-state index in [0.717, 1.165) is 90.3 Å². The fourth-order valence-electron chi connectivity index (χ4n) is 11.3. The number of furan rings is 1. The Bertz CT molecular complexity index is 3610. The molecule has 0 amide bonds. The molecule has 0 radical (unpaired) electrons. The van der Waals surface area contributed by atoms with Crippen molar-refractivity contribution in [2.24, 2.45) is 0 Å². The van der Waals surface area contributed by atoms with Gasteiger partial charge in [-0.1, -0.05) is 178 Å². The minimum atomic E-state index is -0.139. The third kappa shape index (κ3) is 5.90. The van der Waals surface area contributed by atoms with Crippen LogP contribution in [0.5, 0.6) is 5.75 Å². The van der Waals surface area contributed by atoms with Crippen LogP contribution >= 0.6 is 0 Å². The van der Waals surface area contributed by atoms with E-state index in [4.69, 9.17) is 9.15 Å². The molecule has 314 valence electrons. The normalized spacial score (nSPS) is 15.2. The monoisotopic (exact) mass is 847 g/mol. The number of rotatable bonds is 7. The number of ether oxygens (including phenoxy) is 1. The molecule has 3 nitrogen and oxygen atoms in total. The van der Waals surface area contributed by atoms with Gasteiger partial charge in [-0.05, 0) is 122 Å². The highest BCUT2D eigenvalue weighted by Gasteiger charge is 2.38. The first-order valence-corrected chi connectivity index (χ1v) is 23.0. The Hall–Kier alpha value is -8.14. The summed E-state index contributed by atoms with van der Waals surface area (Å²) in [5.41, 5.74) is 20.7. The summed E-state index contributed by atoms with van der Waals surface area (Å²) in [6.45, 7) is 4.74. The van der Waals surface area contributed by atoms with Gasteiger partial charge in [0.2, 0.25) is 0 Å². The van der Waals surface area contributed by atoms with Crippen LogP contribution in [-0.4, -0.2) is 0 Å². The van der Waals surface area contributed by atoms with Crippen molar-refractivity contribution < 1.29 is 9.15 Å². The van der Waals surface area contributed by atoms with Gasteiger partial charge in [-0.2, -0.15) is 0 Å². The van der Waals surface area contributed by atoms with Crippen LogP contribution in [0, 0.1) is 0 Å². The molecule has 2 aliphatic carbocycles. The Labute approximate surface area is 385 Å². The van der Waals surface area contributed by atoms with Crippen molar-refractivity contribution in [3.05, 3.63) is 241 Å². The maximum Gasteiger partial charge on any atom is 0.136 e. The fourth-order valence-corrected chi connectivity index (χ4v) is 11.3. The van der Waals surface area contributed by atoms with E-state index < -0.39 is 0 Å². The van der Waals surface area contributed by atoms with E-state index in [1.807, 2.05) is 6.07 Å². The average Bonchev–Trinajstić information content (AvgIpc) is 4.03. The molecule has 3 heteroatoms. The lowest BCUT2D eigenvalue weighted by atomic mass is 9.79. The Morgan fingerprint density at radius 3 is 2.05 bits per heavy atom. The molecule has 1 aliphatic heterocycles. The first-order chi connectivity index (χ1) is 32.5. The Morgan fingerprint density at radius 2 is 1.20 bits per heavy atom. The molecule has 0 saturated carbocycles. The number of para-hydroxylation sites is 1. The summed E-state index contributed by atoms with van der Waals surface area (Å²) in [5, 5.41) is 2.21. The standard InChI is InChI=1S/C63H45NO2/c1-63(2)52-28-12-9-22-46(52)48-27-15-25-45(62(48)63)41-34-36-44(37-35-41)64(53-29-17-33-58-61(53)50-24-11-14-31-56(50)66-58)54-39-43(40-18-5-3-6-19-40)38-51(59(54)42-20-7-4-8-21-42)47-26-16-32-57-60(47)49-23-10-13-30-55(49)65-57/h3-23,25-39,50H,24H2,1-2H3. The van der Waals surface area contributed by atoms with Gasteiger partial charge in [-0.25, -0.2) is 0 Å². The molecule has 13 rings (SSSR count). The third-order valence-corrected chi connectivity index (χ3v) is 14.2. The largest absolute Gasteiger partial charge is 0.461 e. The number of nitrogens with zero attached hydrogens (tertiary/aromatic N) is 1. The maximum absolute atomic E-state index is 6.69. The molecule has 1 aromatic heterocycles. The van der Waals surface area contributed by atoms with Crippen LogP contribution in [0.4, 0.5) is 17.1 Å². The summed E-state index contributed by atoms with van der Waals surface area (Å²) in [7, 11) is 0. The zero-order chi connectivity index (χ0) is 43.9. The van der Waals surface area contributed by atoms with Crippen LogP contribution in [0.2, 0.25) is 0 Å². The second-order valence-electron chi connectivity index (χ2n) is 18.3. The molecule has 0 saturated heterocycles. The summed E-state index contributed by atoms with van der Waals surface area (Å²) in [6, 6.07) is 73.0. The van der Waals surface area contributed by atoms with E-state index in [1.54, 1.807) is 0 Å². The van der Waals surface area contributed by atoms with Crippen LogP contribution < -0.4 is 9.64 Å². The Morgan fingerprint density at radius 1 is 0.515 bits per heavy atom. The minimum absolute atomic E-state index is 0.0988. The van der Waals surface area contributed by atoms with Crippen molar-refractivity contribution in [3.8, 4) is 61.4 Å². The van der Waals surface area contributed by atoms with Gasteiger partial charge in [0.05, 0.1) is 17.3 Å². The SMILES string of the molecule is CC1(C)c2ccccc2-c2cccc(-c3ccc(N(c4cc(-c5ccccc5)cc(-c5cccc6oc7ccccc7c56)c4-c4ccccc4)c4cccc5c4C4CC=CC=C4O5)cc3)c21. The lowest BCUT2D eigenvalue weighted by Crippen LogP contribution is -2.16. The van der Waals surface area contributed by atoms with Crippen LogP contribution in [0.25, 0.3) is 77.6 Å². The lowest BCUT2D eigenvalue weighted by molar-refractivity contribution is 0.425. The zero-order valence-corrected chi connectivity index (χ0v) is 36.8. The Kier molecular flexibility index (Phi) is 8.69. The summed E-state index contributed by atoms with van der Waals surface area (Å²) >= 11 is 0. The molecule has 3 aliphatic rings. The molecule has 66 heavy (non-hydrogen) atoms. The van der Waals surface area contributed by atoms with E-state index in [9.17, 15) is 0 Å². The predicted octanol–water partition coefficient (Wildman–Crippen LogP) is 17.3. The van der Waals surface area contributed by atoms with Gasteiger partial charge >= 0.3 is 0 Å². The van der Waals surface area contributed by atoms with Gasteiger partial charge in [0, 0.05) is 33.0 Å². The first-order valence-electron chi connectivity index (χ1n) is 23.0. The quantitative estimate of drug-likeness (QED) is 0.160. The molecule has 2 heterocycles. The molecule has 1 unspecified atom stereocenters. The molecule has 9 aromatic carbocycles. The van der Waals surface area contributed by atoms with Crippen LogP contribution in [0.15, 0.2) is 229 Å². The number of anilines is 3. The minimum Gasteiger partial charge on any atom is -0.461 e. The number of benzene rings is 9. The summed E-state index contributed by atoms with van der Waals surface area (Å²) in [4.78, 5) is 2.51. The highest BCUT2D eigenvalue weighted by atomic mass is 16.5. The van der Waals surface area contributed by atoms with Gasteiger partial charge in [0.1, 0.15) is 22.7 Å². The highest BCUT2D eigenvalue weighted by Crippen LogP contribution is 2.56. The maximum atomic E-state index is 6.69. The second-order valence-corrected chi connectivity index (χ2v) is 18.3. The molecular weight excluding hydrogens is 803 g/mol. The summed E-state index contributed by atoms with van der Waals surface area (Å²) < 4.78 is 13.3. The van der Waals surface area contributed by atoms with Gasteiger partial charge in [-0.15, -0.1) is 0 Å². The number of hydrogen-bond donors (Lipinski definition) is 0. The van der Waals surface area contributed by atoms with Crippen molar-refractivity contribution in [2.45, 2.75) is 31.6 Å². The predicted molar refractivity (Wildman–Crippen MR) is 273 cm³/mol. The van der Waals surface area contributed by atoms with Gasteiger partial charge < -0.3 is 14.1 Å². The van der Waals surface area contributed by atoms with E-state index in [0.29, 0.717) is 0 Å². The van der Waals surface area contributed by atoms with Crippen molar-refractivity contribution in [1.29, 1.82) is 0 Å². The van der Waals surface area contributed by atoms with E-state index in [1.165, 1.54) is 38.9 Å². The lowest BCUT2D eigenvalue weighted by Gasteiger charge is -2.32. The number of hydrogen-bond acceptors (Lipinski definition) is 3. The van der Waals surface area contributed by atoms with E-state index in [2.05, 4.69) is 231 Å². The fraction of sp³-hybridized carbons (Fsp3) is 0.0794. The molecule has 0 spiro atoms. The van der Waals surface area contributed by atoms with Crippen molar-refractivity contribution >= 4 is 39.0 Å². The molecule has 10 aromatic rings. The van der Waals surface area contributed by atoms with Crippen molar-refractivity contribution in [2.75, 3.05) is 4.90 Å². The average molecular weight is 848 g/mol. The Balaban J connectivity index is 1.10. The summed E-state index contributed by atoms with van der Waals surface area (Å²) in [5.74, 6) is 2.00. The van der Waals surface area contributed by atoms with Gasteiger partial charge in [0.25, 0.3) is 0 Å². The van der Waals surface area contributed by atoms with Crippen molar-refractivity contribution in [1.82, 2.24) is 0 Å². The molecule has 1 atom stereocenters. The van der Waals surface area contributed by atoms with Crippen LogP contribution in [0.1, 0.15) is 42.9 Å². The smallest absolute Gasteiger partial charge is 0.136 e. The van der Waals surface area contributed by atoms with E-state index >= 15 is 0 Å². The topological polar surface area (TPSA) is 25.6 Å². The van der Waals surface area contributed by atoms with Crippen LogP contribution in [-0.2, 0) is 5.41 Å². The summed E-state index contributed by atoms with van der Waals surface area (Å²) in [6.07, 6.45) is 7.39. The van der Waals surface area contributed by atoms with E-state index in [-0.39, 0.29) is 11.3 Å². The number of fused-ring (bicyclic) bond motifs is 9. The zero-order valence-electron chi connectivity index (χ0n) is 36.8. The van der Waals surface area contributed by atoms with Gasteiger partial charge in [-0.3, -0.25) is 0 Å². The molecule has 0 bridgehead atoms. The highest BCUT2D eigenvalue weighted by molar-refractivity contribution is 6.15. The van der Waals surface area contributed by atoms with Crippen LogP contribution in [0.3, 0.4) is 0 Å². The first kappa shape index (κ1) is 38.3. The third-order valence-electron chi connectivity index (χ3n) is 14.2. The van der Waals surface area contributed by atoms with Gasteiger partial charge in [0.15, 0.2) is 0 Å². The molecule has 0 fully saturated rings. The molecular formula is C63H45NO2.